The van der Waals surface area contributed by atoms with E-state index in [2.05, 4.69) is 51.6 Å². The predicted octanol–water partition coefficient (Wildman–Crippen LogP) is 2.59. The summed E-state index contributed by atoms with van der Waals surface area (Å²) in [7, 11) is 1.89. The Labute approximate surface area is 117 Å². The summed E-state index contributed by atoms with van der Waals surface area (Å²) in [6, 6.07) is 8.47. The molecule has 0 saturated carbocycles. The van der Waals surface area contributed by atoms with E-state index in [0.29, 0.717) is 0 Å². The number of aryl methyl sites for hydroxylation is 3. The van der Waals surface area contributed by atoms with Gasteiger partial charge in [0.1, 0.15) is 12.1 Å². The fraction of sp³-hybridized carbons (Fsp3) is 0.267. The van der Waals surface area contributed by atoms with Crippen molar-refractivity contribution in [3.8, 4) is 0 Å². The third kappa shape index (κ3) is 2.22. The van der Waals surface area contributed by atoms with Crippen LogP contribution in [0.2, 0.25) is 0 Å². The first-order valence-corrected chi connectivity index (χ1v) is 6.59. The molecule has 1 aromatic carbocycles. The Bertz CT molecular complexity index is 743. The highest BCUT2D eigenvalue weighted by molar-refractivity contribution is 5.88. The number of anilines is 1. The molecule has 5 heteroatoms. The summed E-state index contributed by atoms with van der Waals surface area (Å²) >= 11 is 0. The van der Waals surface area contributed by atoms with E-state index in [4.69, 9.17) is 0 Å². The van der Waals surface area contributed by atoms with Crippen molar-refractivity contribution in [2.24, 2.45) is 7.05 Å². The molecule has 0 atom stereocenters. The summed E-state index contributed by atoms with van der Waals surface area (Å²) < 4.78 is 1.78. The molecule has 0 unspecified atom stereocenters. The van der Waals surface area contributed by atoms with Gasteiger partial charge in [-0.3, -0.25) is 4.68 Å². The normalized spacial score (nSPS) is 10.9. The maximum Gasteiger partial charge on any atom is 0.163 e. The number of hydrogen-bond donors (Lipinski definition) is 1. The van der Waals surface area contributed by atoms with E-state index in [0.717, 1.165) is 29.1 Å². The molecule has 0 saturated heterocycles. The molecule has 0 radical (unpaired) electrons. The number of rotatable bonds is 3. The van der Waals surface area contributed by atoms with Crippen LogP contribution >= 0.6 is 0 Å². The molecule has 0 amide bonds. The van der Waals surface area contributed by atoms with Crippen LogP contribution in [0.5, 0.6) is 0 Å². The molecule has 5 nitrogen and oxygen atoms in total. The van der Waals surface area contributed by atoms with Gasteiger partial charge in [-0.2, -0.15) is 5.10 Å². The highest BCUT2D eigenvalue weighted by Gasteiger charge is 2.11. The smallest absolute Gasteiger partial charge is 0.163 e. The Balaban J connectivity index is 1.89. The topological polar surface area (TPSA) is 55.6 Å². The van der Waals surface area contributed by atoms with Gasteiger partial charge in [-0.25, -0.2) is 9.97 Å². The van der Waals surface area contributed by atoms with E-state index in [1.54, 1.807) is 11.0 Å². The Morgan fingerprint density at radius 2 is 1.85 bits per heavy atom. The number of hydrogen-bond acceptors (Lipinski definition) is 4. The summed E-state index contributed by atoms with van der Waals surface area (Å²) in [5.74, 6) is 0.834. The first-order chi connectivity index (χ1) is 9.65. The third-order valence-electron chi connectivity index (χ3n) is 3.38. The highest BCUT2D eigenvalue weighted by Crippen LogP contribution is 2.22. The van der Waals surface area contributed by atoms with Crippen LogP contribution in [0.15, 0.2) is 30.6 Å². The molecular weight excluding hydrogens is 250 g/mol. The molecule has 0 fully saturated rings. The second-order valence-electron chi connectivity index (χ2n) is 4.97. The zero-order valence-corrected chi connectivity index (χ0v) is 11.9. The fourth-order valence-electron chi connectivity index (χ4n) is 2.30. The minimum absolute atomic E-state index is 0.737. The lowest BCUT2D eigenvalue weighted by Crippen LogP contribution is -2.03. The summed E-state index contributed by atoms with van der Waals surface area (Å²) in [5, 5.41) is 8.75. The number of fused-ring (bicyclic) bond motifs is 1. The molecule has 20 heavy (non-hydrogen) atoms. The van der Waals surface area contributed by atoms with E-state index in [1.807, 2.05) is 14.0 Å². The van der Waals surface area contributed by atoms with E-state index < -0.39 is 0 Å². The number of benzene rings is 1. The zero-order chi connectivity index (χ0) is 14.1. The monoisotopic (exact) mass is 267 g/mol. The van der Waals surface area contributed by atoms with Gasteiger partial charge in [0.15, 0.2) is 5.65 Å². The minimum Gasteiger partial charge on any atom is -0.365 e. The lowest BCUT2D eigenvalue weighted by Gasteiger charge is -2.07. The van der Waals surface area contributed by atoms with Gasteiger partial charge in [0.05, 0.1) is 11.1 Å². The highest BCUT2D eigenvalue weighted by atomic mass is 15.3. The van der Waals surface area contributed by atoms with Gasteiger partial charge >= 0.3 is 0 Å². The molecule has 102 valence electrons. The Hall–Kier alpha value is -2.43. The lowest BCUT2D eigenvalue weighted by molar-refractivity contribution is 0.773. The Morgan fingerprint density at radius 3 is 2.60 bits per heavy atom. The van der Waals surface area contributed by atoms with Gasteiger partial charge in [-0.05, 0) is 19.4 Å². The van der Waals surface area contributed by atoms with Gasteiger partial charge < -0.3 is 5.32 Å². The Kier molecular flexibility index (Phi) is 3.10. The van der Waals surface area contributed by atoms with Crippen molar-refractivity contribution in [3.63, 3.8) is 0 Å². The largest absolute Gasteiger partial charge is 0.365 e. The number of nitrogens with one attached hydrogen (secondary N) is 1. The van der Waals surface area contributed by atoms with Gasteiger partial charge in [0, 0.05) is 13.6 Å². The molecule has 0 spiro atoms. The van der Waals surface area contributed by atoms with Gasteiger partial charge in [-0.1, -0.05) is 29.8 Å². The molecule has 0 bridgehead atoms. The van der Waals surface area contributed by atoms with Crippen LogP contribution in [0.3, 0.4) is 0 Å². The summed E-state index contributed by atoms with van der Waals surface area (Å²) in [5.41, 5.74) is 4.28. The van der Waals surface area contributed by atoms with Gasteiger partial charge in [0.2, 0.25) is 0 Å². The first-order valence-electron chi connectivity index (χ1n) is 6.59. The molecule has 3 rings (SSSR count). The van der Waals surface area contributed by atoms with Crippen LogP contribution in [0.4, 0.5) is 5.82 Å². The van der Waals surface area contributed by atoms with Crippen molar-refractivity contribution in [2.45, 2.75) is 20.4 Å². The first kappa shape index (κ1) is 12.6. The van der Waals surface area contributed by atoms with Gasteiger partial charge in [-0.15, -0.1) is 0 Å². The van der Waals surface area contributed by atoms with E-state index in [-0.39, 0.29) is 0 Å². The quantitative estimate of drug-likeness (QED) is 0.792. The van der Waals surface area contributed by atoms with E-state index in [9.17, 15) is 0 Å². The van der Waals surface area contributed by atoms with Crippen LogP contribution in [0, 0.1) is 13.8 Å². The van der Waals surface area contributed by atoms with Crippen LogP contribution in [0.1, 0.15) is 16.8 Å². The van der Waals surface area contributed by atoms with E-state index in [1.165, 1.54) is 11.1 Å². The molecular formula is C15H17N5. The van der Waals surface area contributed by atoms with Crippen LogP contribution in [-0.4, -0.2) is 19.7 Å². The molecule has 2 heterocycles. The van der Waals surface area contributed by atoms with Crippen molar-refractivity contribution < 1.29 is 0 Å². The molecule has 2 aromatic heterocycles. The molecule has 0 aliphatic carbocycles. The Morgan fingerprint density at radius 1 is 1.10 bits per heavy atom. The summed E-state index contributed by atoms with van der Waals surface area (Å²) in [6.45, 7) is 4.80. The van der Waals surface area contributed by atoms with Gasteiger partial charge in [0.25, 0.3) is 0 Å². The van der Waals surface area contributed by atoms with Crippen LogP contribution in [0.25, 0.3) is 11.0 Å². The van der Waals surface area contributed by atoms with Crippen LogP contribution in [-0.2, 0) is 13.6 Å². The van der Waals surface area contributed by atoms with Crippen molar-refractivity contribution in [2.75, 3.05) is 5.32 Å². The summed E-state index contributed by atoms with van der Waals surface area (Å²) in [4.78, 5) is 8.62. The molecule has 1 N–H and O–H groups in total. The number of nitrogens with zero attached hydrogens (tertiary/aromatic N) is 4. The lowest BCUT2D eigenvalue weighted by atomic mass is 10.1. The predicted molar refractivity (Wildman–Crippen MR) is 79.5 cm³/mol. The van der Waals surface area contributed by atoms with Crippen molar-refractivity contribution in [1.82, 2.24) is 19.7 Å². The maximum absolute atomic E-state index is 4.39. The molecule has 0 aliphatic heterocycles. The minimum atomic E-state index is 0.737. The summed E-state index contributed by atoms with van der Waals surface area (Å²) in [6.07, 6.45) is 1.57. The van der Waals surface area contributed by atoms with E-state index >= 15 is 0 Å². The van der Waals surface area contributed by atoms with Crippen molar-refractivity contribution >= 4 is 16.9 Å². The average molecular weight is 267 g/mol. The third-order valence-corrected chi connectivity index (χ3v) is 3.38. The number of aromatic nitrogens is 4. The molecule has 0 aliphatic rings. The maximum atomic E-state index is 4.39. The average Bonchev–Trinajstić information content (AvgIpc) is 2.74. The second-order valence-corrected chi connectivity index (χ2v) is 4.97. The van der Waals surface area contributed by atoms with Crippen molar-refractivity contribution in [1.29, 1.82) is 0 Å². The SMILES string of the molecule is Cc1ccc(CNc2ncnc3c2c(C)nn3C)cc1. The van der Waals surface area contributed by atoms with Crippen molar-refractivity contribution in [3.05, 3.63) is 47.4 Å². The fourth-order valence-corrected chi connectivity index (χ4v) is 2.30. The zero-order valence-electron chi connectivity index (χ0n) is 11.9. The van der Waals surface area contributed by atoms with Crippen LogP contribution < -0.4 is 5.32 Å². The molecule has 3 aromatic rings. The standard InChI is InChI=1S/C15H17N5/c1-10-4-6-12(7-5-10)8-16-14-13-11(2)19-20(3)15(13)18-9-17-14/h4-7,9H,8H2,1-3H3,(H,16,17,18). The second kappa shape index (κ2) is 4.92.